The van der Waals surface area contributed by atoms with Crippen LogP contribution in [0.15, 0.2) is 30.9 Å². The Labute approximate surface area is 91.6 Å². The van der Waals surface area contributed by atoms with E-state index < -0.39 is 0 Å². The maximum Gasteiger partial charge on any atom is 0.0376 e. The third kappa shape index (κ3) is 2.39. The largest absolute Gasteiger partial charge is 0.384 e. The van der Waals surface area contributed by atoms with Gasteiger partial charge in [-0.1, -0.05) is 18.2 Å². The van der Waals surface area contributed by atoms with Crippen LogP contribution in [0.1, 0.15) is 11.1 Å². The standard InChI is InChI=1S/C13H18N2/c1-3-8-15(2)10-11-4-5-12-6-7-14-13(12)9-11/h3-5,9,14H,1,6-8,10H2,2H3. The number of nitrogens with one attached hydrogen (secondary N) is 1. The van der Waals surface area contributed by atoms with E-state index in [-0.39, 0.29) is 0 Å². The fourth-order valence-electron chi connectivity index (χ4n) is 2.03. The van der Waals surface area contributed by atoms with Gasteiger partial charge in [-0.15, -0.1) is 6.58 Å². The molecule has 0 aromatic heterocycles. The van der Waals surface area contributed by atoms with Crippen LogP contribution in [0.2, 0.25) is 0 Å². The van der Waals surface area contributed by atoms with Crippen LogP contribution in [-0.4, -0.2) is 25.0 Å². The summed E-state index contributed by atoms with van der Waals surface area (Å²) in [6.45, 7) is 6.75. The first kappa shape index (κ1) is 10.2. The van der Waals surface area contributed by atoms with Gasteiger partial charge in [0.15, 0.2) is 0 Å². The number of nitrogens with zero attached hydrogens (tertiary/aromatic N) is 1. The summed E-state index contributed by atoms with van der Waals surface area (Å²) >= 11 is 0. The minimum Gasteiger partial charge on any atom is -0.384 e. The summed E-state index contributed by atoms with van der Waals surface area (Å²) < 4.78 is 0. The zero-order chi connectivity index (χ0) is 10.7. The van der Waals surface area contributed by atoms with Gasteiger partial charge < -0.3 is 5.32 Å². The minimum absolute atomic E-state index is 0.935. The van der Waals surface area contributed by atoms with Gasteiger partial charge in [0.2, 0.25) is 0 Å². The van der Waals surface area contributed by atoms with Gasteiger partial charge in [0.25, 0.3) is 0 Å². The van der Waals surface area contributed by atoms with Crippen LogP contribution in [0, 0.1) is 0 Å². The van der Waals surface area contributed by atoms with Crippen molar-refractivity contribution in [1.82, 2.24) is 4.90 Å². The molecule has 1 aromatic rings. The average molecular weight is 202 g/mol. The smallest absolute Gasteiger partial charge is 0.0376 e. The highest BCUT2D eigenvalue weighted by Crippen LogP contribution is 2.23. The van der Waals surface area contributed by atoms with Crippen molar-refractivity contribution in [1.29, 1.82) is 0 Å². The van der Waals surface area contributed by atoms with Gasteiger partial charge in [0, 0.05) is 25.3 Å². The van der Waals surface area contributed by atoms with Crippen LogP contribution in [-0.2, 0) is 13.0 Å². The fraction of sp³-hybridized carbons (Fsp3) is 0.385. The lowest BCUT2D eigenvalue weighted by atomic mass is 10.1. The Morgan fingerprint density at radius 2 is 2.40 bits per heavy atom. The zero-order valence-electron chi connectivity index (χ0n) is 9.29. The van der Waals surface area contributed by atoms with E-state index in [9.17, 15) is 0 Å². The number of benzene rings is 1. The average Bonchev–Trinajstić information content (AvgIpc) is 2.65. The first-order valence-corrected chi connectivity index (χ1v) is 5.44. The highest BCUT2D eigenvalue weighted by atomic mass is 15.1. The molecule has 1 aliphatic rings. The number of fused-ring (bicyclic) bond motifs is 1. The molecule has 2 nitrogen and oxygen atoms in total. The number of anilines is 1. The van der Waals surface area contributed by atoms with Crippen molar-refractivity contribution in [3.8, 4) is 0 Å². The lowest BCUT2D eigenvalue weighted by Crippen LogP contribution is -2.17. The summed E-state index contributed by atoms with van der Waals surface area (Å²) in [5.74, 6) is 0. The summed E-state index contributed by atoms with van der Waals surface area (Å²) in [4.78, 5) is 2.25. The Hall–Kier alpha value is -1.28. The summed E-state index contributed by atoms with van der Waals surface area (Å²) in [5, 5.41) is 3.41. The second-order valence-electron chi connectivity index (χ2n) is 4.15. The summed E-state index contributed by atoms with van der Waals surface area (Å²) in [6.07, 6.45) is 3.10. The van der Waals surface area contributed by atoms with Crippen LogP contribution in [0.25, 0.3) is 0 Å². The van der Waals surface area contributed by atoms with Crippen molar-refractivity contribution >= 4 is 5.69 Å². The molecule has 2 heteroatoms. The van der Waals surface area contributed by atoms with Gasteiger partial charge >= 0.3 is 0 Å². The van der Waals surface area contributed by atoms with Crippen LogP contribution < -0.4 is 5.32 Å². The van der Waals surface area contributed by atoms with E-state index in [2.05, 4.69) is 42.0 Å². The molecule has 0 unspecified atom stereocenters. The molecule has 0 spiro atoms. The molecule has 1 heterocycles. The molecule has 1 aliphatic heterocycles. The molecule has 0 amide bonds. The minimum atomic E-state index is 0.935. The zero-order valence-corrected chi connectivity index (χ0v) is 9.29. The predicted molar refractivity (Wildman–Crippen MR) is 65.2 cm³/mol. The highest BCUT2D eigenvalue weighted by molar-refractivity contribution is 5.56. The molecule has 0 radical (unpaired) electrons. The molecular weight excluding hydrogens is 184 g/mol. The van der Waals surface area contributed by atoms with E-state index in [4.69, 9.17) is 0 Å². The van der Waals surface area contributed by atoms with E-state index in [1.165, 1.54) is 16.8 Å². The molecule has 15 heavy (non-hydrogen) atoms. The molecule has 0 aliphatic carbocycles. The van der Waals surface area contributed by atoms with Crippen molar-refractivity contribution in [2.45, 2.75) is 13.0 Å². The Morgan fingerprint density at radius 3 is 3.20 bits per heavy atom. The third-order valence-electron chi connectivity index (χ3n) is 2.78. The number of hydrogen-bond donors (Lipinski definition) is 1. The molecule has 1 aromatic carbocycles. The lowest BCUT2D eigenvalue weighted by Gasteiger charge is -2.14. The summed E-state index contributed by atoms with van der Waals surface area (Å²) in [7, 11) is 2.11. The van der Waals surface area contributed by atoms with Crippen molar-refractivity contribution in [3.05, 3.63) is 42.0 Å². The molecule has 2 rings (SSSR count). The maximum atomic E-state index is 3.75. The second kappa shape index (κ2) is 4.49. The van der Waals surface area contributed by atoms with Crippen molar-refractivity contribution in [3.63, 3.8) is 0 Å². The predicted octanol–water partition coefficient (Wildman–Crippen LogP) is 2.27. The van der Waals surface area contributed by atoms with E-state index in [0.29, 0.717) is 0 Å². The van der Waals surface area contributed by atoms with E-state index in [1.54, 1.807) is 0 Å². The monoisotopic (exact) mass is 202 g/mol. The summed E-state index contributed by atoms with van der Waals surface area (Å²) in [5.41, 5.74) is 4.14. The fourth-order valence-corrected chi connectivity index (χ4v) is 2.03. The van der Waals surface area contributed by atoms with E-state index in [1.807, 2.05) is 6.08 Å². The SMILES string of the molecule is C=CCN(C)Cc1ccc2c(c1)NCC2. The van der Waals surface area contributed by atoms with Crippen LogP contribution in [0.4, 0.5) is 5.69 Å². The number of likely N-dealkylation sites (N-methyl/N-ethyl adjacent to an activating group) is 1. The van der Waals surface area contributed by atoms with Crippen molar-refractivity contribution in [2.24, 2.45) is 0 Å². The lowest BCUT2D eigenvalue weighted by molar-refractivity contribution is 0.364. The first-order valence-electron chi connectivity index (χ1n) is 5.44. The van der Waals surface area contributed by atoms with Gasteiger partial charge in [-0.3, -0.25) is 4.90 Å². The second-order valence-corrected chi connectivity index (χ2v) is 4.15. The molecule has 0 atom stereocenters. The van der Waals surface area contributed by atoms with Crippen LogP contribution in [0.3, 0.4) is 0 Å². The van der Waals surface area contributed by atoms with Crippen LogP contribution >= 0.6 is 0 Å². The van der Waals surface area contributed by atoms with Gasteiger partial charge in [-0.2, -0.15) is 0 Å². The summed E-state index contributed by atoms with van der Waals surface area (Å²) in [6, 6.07) is 6.74. The van der Waals surface area contributed by atoms with Crippen molar-refractivity contribution in [2.75, 3.05) is 25.5 Å². The van der Waals surface area contributed by atoms with Gasteiger partial charge in [0.05, 0.1) is 0 Å². The third-order valence-corrected chi connectivity index (χ3v) is 2.78. The first-order chi connectivity index (χ1) is 7.29. The van der Waals surface area contributed by atoms with Crippen molar-refractivity contribution < 1.29 is 0 Å². The van der Waals surface area contributed by atoms with E-state index >= 15 is 0 Å². The Kier molecular flexibility index (Phi) is 3.07. The van der Waals surface area contributed by atoms with Crippen LogP contribution in [0.5, 0.6) is 0 Å². The van der Waals surface area contributed by atoms with Gasteiger partial charge in [0.1, 0.15) is 0 Å². The molecule has 0 saturated heterocycles. The Balaban J connectivity index is 2.06. The number of rotatable bonds is 4. The Bertz CT molecular complexity index is 358. The van der Waals surface area contributed by atoms with Gasteiger partial charge in [-0.05, 0) is 30.7 Å². The quantitative estimate of drug-likeness (QED) is 0.753. The Morgan fingerprint density at radius 1 is 1.53 bits per heavy atom. The molecular formula is C13H18N2. The van der Waals surface area contributed by atoms with E-state index in [0.717, 1.165) is 26.1 Å². The molecule has 0 saturated carbocycles. The normalized spacial score (nSPS) is 13.7. The molecule has 0 bridgehead atoms. The molecule has 1 N–H and O–H groups in total. The highest BCUT2D eigenvalue weighted by Gasteiger charge is 2.10. The molecule has 80 valence electrons. The van der Waals surface area contributed by atoms with Gasteiger partial charge in [-0.25, -0.2) is 0 Å². The molecule has 0 fully saturated rings. The topological polar surface area (TPSA) is 15.3 Å². The maximum absolute atomic E-state index is 3.75. The number of hydrogen-bond acceptors (Lipinski definition) is 2.